The number of imide groups is 2. The average Bonchev–Trinajstić information content (AvgIpc) is 2.71. The minimum absolute atomic E-state index is 0.210. The van der Waals surface area contributed by atoms with Gasteiger partial charge >= 0.3 is 6.03 Å². The first-order valence-electron chi connectivity index (χ1n) is 8.68. The van der Waals surface area contributed by atoms with Crippen LogP contribution in [0.5, 0.6) is 17.2 Å². The number of nitrogens with zero attached hydrogens (tertiary/aromatic N) is 1. The van der Waals surface area contributed by atoms with E-state index in [9.17, 15) is 14.4 Å². The number of methoxy groups -OCH3 is 3. The Labute approximate surface area is 167 Å². The Morgan fingerprint density at radius 3 is 2.14 bits per heavy atom. The van der Waals surface area contributed by atoms with Crippen LogP contribution in [0, 0.1) is 6.92 Å². The third-order valence-electron chi connectivity index (χ3n) is 4.49. The van der Waals surface area contributed by atoms with Crippen molar-refractivity contribution in [3.63, 3.8) is 0 Å². The van der Waals surface area contributed by atoms with E-state index in [0.29, 0.717) is 34.1 Å². The van der Waals surface area contributed by atoms with Gasteiger partial charge in [0.05, 0.1) is 27.0 Å². The van der Waals surface area contributed by atoms with Gasteiger partial charge in [-0.1, -0.05) is 18.2 Å². The van der Waals surface area contributed by atoms with Crippen LogP contribution in [0.4, 0.5) is 10.5 Å². The van der Waals surface area contributed by atoms with E-state index >= 15 is 0 Å². The van der Waals surface area contributed by atoms with E-state index < -0.39 is 17.8 Å². The molecule has 1 fully saturated rings. The fourth-order valence-corrected chi connectivity index (χ4v) is 3.01. The molecule has 0 saturated carbocycles. The van der Waals surface area contributed by atoms with Gasteiger partial charge in [0.15, 0.2) is 11.5 Å². The van der Waals surface area contributed by atoms with Crippen LogP contribution in [0.1, 0.15) is 11.1 Å². The Morgan fingerprint density at radius 2 is 1.52 bits per heavy atom. The average molecular weight is 396 g/mol. The summed E-state index contributed by atoms with van der Waals surface area (Å²) in [5, 5.41) is 2.21. The number of urea groups is 1. The number of carbonyl (C=O) groups excluding carboxylic acids is 3. The summed E-state index contributed by atoms with van der Waals surface area (Å²) in [4.78, 5) is 38.8. The highest BCUT2D eigenvalue weighted by molar-refractivity contribution is 6.39. The predicted octanol–water partition coefficient (Wildman–Crippen LogP) is 2.69. The summed E-state index contributed by atoms with van der Waals surface area (Å²) in [5.74, 6) is -0.319. The molecule has 4 amide bonds. The van der Waals surface area contributed by atoms with Gasteiger partial charge in [-0.25, -0.2) is 9.69 Å². The third kappa shape index (κ3) is 3.64. The van der Waals surface area contributed by atoms with E-state index in [4.69, 9.17) is 14.2 Å². The SMILES string of the molecule is COc1cc(OC)c(OC)cc1C=C1C(=O)NC(=O)N(c2ccccc2C)C1=O. The number of rotatable bonds is 5. The second-order valence-electron chi connectivity index (χ2n) is 6.19. The lowest BCUT2D eigenvalue weighted by Gasteiger charge is -2.27. The minimum Gasteiger partial charge on any atom is -0.496 e. The summed E-state index contributed by atoms with van der Waals surface area (Å²) in [7, 11) is 4.41. The summed E-state index contributed by atoms with van der Waals surface area (Å²) >= 11 is 0. The molecule has 0 bridgehead atoms. The largest absolute Gasteiger partial charge is 0.496 e. The van der Waals surface area contributed by atoms with Gasteiger partial charge in [-0.3, -0.25) is 14.9 Å². The molecule has 1 aliphatic heterocycles. The molecule has 8 nitrogen and oxygen atoms in total. The number of amides is 4. The van der Waals surface area contributed by atoms with E-state index in [1.165, 1.54) is 27.4 Å². The van der Waals surface area contributed by atoms with Crippen molar-refractivity contribution in [2.45, 2.75) is 6.92 Å². The zero-order chi connectivity index (χ0) is 21.1. The molecule has 0 spiro atoms. The number of para-hydroxylation sites is 1. The smallest absolute Gasteiger partial charge is 0.335 e. The first-order valence-corrected chi connectivity index (χ1v) is 8.68. The monoisotopic (exact) mass is 396 g/mol. The highest BCUT2D eigenvalue weighted by Gasteiger charge is 2.37. The van der Waals surface area contributed by atoms with Crippen molar-refractivity contribution in [2.75, 3.05) is 26.2 Å². The molecule has 29 heavy (non-hydrogen) atoms. The number of hydrogen-bond donors (Lipinski definition) is 1. The molecule has 0 aliphatic carbocycles. The zero-order valence-electron chi connectivity index (χ0n) is 16.4. The van der Waals surface area contributed by atoms with Crippen molar-refractivity contribution < 1.29 is 28.6 Å². The molecule has 2 aromatic rings. The molecule has 0 radical (unpaired) electrons. The van der Waals surface area contributed by atoms with Crippen molar-refractivity contribution >= 4 is 29.6 Å². The van der Waals surface area contributed by atoms with E-state index in [-0.39, 0.29) is 5.57 Å². The molecule has 3 rings (SSSR count). The molecule has 2 aromatic carbocycles. The molecule has 1 saturated heterocycles. The van der Waals surface area contributed by atoms with Crippen LogP contribution in [0.3, 0.4) is 0 Å². The van der Waals surface area contributed by atoms with E-state index in [2.05, 4.69) is 5.32 Å². The second-order valence-corrected chi connectivity index (χ2v) is 6.19. The van der Waals surface area contributed by atoms with Gasteiger partial charge in [0.1, 0.15) is 11.3 Å². The highest BCUT2D eigenvalue weighted by atomic mass is 16.5. The van der Waals surface area contributed by atoms with Crippen LogP contribution in [0.15, 0.2) is 42.0 Å². The fraction of sp³-hybridized carbons (Fsp3) is 0.190. The molecular formula is C21H20N2O6. The number of anilines is 1. The Hall–Kier alpha value is -3.81. The summed E-state index contributed by atoms with van der Waals surface area (Å²) in [6, 6.07) is 9.28. The van der Waals surface area contributed by atoms with Gasteiger partial charge in [0, 0.05) is 11.6 Å². The molecule has 0 aromatic heterocycles. The fourth-order valence-electron chi connectivity index (χ4n) is 3.01. The maximum absolute atomic E-state index is 13.1. The van der Waals surface area contributed by atoms with Crippen molar-refractivity contribution in [1.82, 2.24) is 5.32 Å². The van der Waals surface area contributed by atoms with E-state index in [1.54, 1.807) is 43.3 Å². The van der Waals surface area contributed by atoms with Crippen molar-refractivity contribution in [2.24, 2.45) is 0 Å². The highest BCUT2D eigenvalue weighted by Crippen LogP contribution is 2.36. The van der Waals surface area contributed by atoms with Crippen LogP contribution in [0.2, 0.25) is 0 Å². The summed E-state index contributed by atoms with van der Waals surface area (Å²) in [6.07, 6.45) is 1.36. The van der Waals surface area contributed by atoms with Crippen LogP contribution < -0.4 is 24.4 Å². The molecule has 0 unspecified atom stereocenters. The first kappa shape index (κ1) is 19.9. The number of ether oxygens (including phenoxy) is 3. The lowest BCUT2D eigenvalue weighted by Crippen LogP contribution is -2.54. The molecule has 8 heteroatoms. The van der Waals surface area contributed by atoms with Crippen molar-refractivity contribution in [1.29, 1.82) is 0 Å². The van der Waals surface area contributed by atoms with E-state index in [0.717, 1.165) is 4.90 Å². The number of aryl methyl sites for hydroxylation is 1. The van der Waals surface area contributed by atoms with Crippen molar-refractivity contribution in [3.8, 4) is 17.2 Å². The van der Waals surface area contributed by atoms with E-state index in [1.807, 2.05) is 0 Å². The lowest BCUT2D eigenvalue weighted by molar-refractivity contribution is -0.122. The Bertz CT molecular complexity index is 1030. The quantitative estimate of drug-likeness (QED) is 0.617. The first-order chi connectivity index (χ1) is 13.9. The number of barbiturate groups is 1. The Morgan fingerprint density at radius 1 is 0.897 bits per heavy atom. The maximum atomic E-state index is 13.1. The van der Waals surface area contributed by atoms with Crippen LogP contribution in [-0.4, -0.2) is 39.2 Å². The zero-order valence-corrected chi connectivity index (χ0v) is 16.4. The summed E-state index contributed by atoms with van der Waals surface area (Å²) in [6.45, 7) is 1.77. The molecule has 150 valence electrons. The normalized spacial score (nSPS) is 15.4. The van der Waals surface area contributed by atoms with Crippen LogP contribution >= 0.6 is 0 Å². The summed E-state index contributed by atoms with van der Waals surface area (Å²) in [5.41, 5.74) is 1.32. The third-order valence-corrected chi connectivity index (χ3v) is 4.49. The number of benzene rings is 2. The summed E-state index contributed by atoms with van der Waals surface area (Å²) < 4.78 is 15.9. The van der Waals surface area contributed by atoms with Gasteiger partial charge in [-0.05, 0) is 30.7 Å². The molecule has 0 atom stereocenters. The number of carbonyl (C=O) groups is 3. The second kappa shape index (κ2) is 8.05. The molecule has 1 N–H and O–H groups in total. The van der Waals surface area contributed by atoms with Crippen LogP contribution in [0.25, 0.3) is 6.08 Å². The number of nitrogens with one attached hydrogen (secondary N) is 1. The minimum atomic E-state index is -0.800. The lowest BCUT2D eigenvalue weighted by atomic mass is 10.0. The predicted molar refractivity (Wildman–Crippen MR) is 106 cm³/mol. The van der Waals surface area contributed by atoms with Gasteiger partial charge in [-0.15, -0.1) is 0 Å². The van der Waals surface area contributed by atoms with Gasteiger partial charge in [0.2, 0.25) is 0 Å². The van der Waals surface area contributed by atoms with Crippen LogP contribution in [-0.2, 0) is 9.59 Å². The maximum Gasteiger partial charge on any atom is 0.335 e. The number of hydrogen-bond acceptors (Lipinski definition) is 6. The Balaban J connectivity index is 2.11. The van der Waals surface area contributed by atoms with Gasteiger partial charge in [-0.2, -0.15) is 0 Å². The van der Waals surface area contributed by atoms with Crippen molar-refractivity contribution in [3.05, 3.63) is 53.1 Å². The van der Waals surface area contributed by atoms with Gasteiger partial charge in [0.25, 0.3) is 11.8 Å². The molecular weight excluding hydrogens is 376 g/mol. The topological polar surface area (TPSA) is 94.2 Å². The molecule has 1 heterocycles. The van der Waals surface area contributed by atoms with Gasteiger partial charge < -0.3 is 14.2 Å². The molecule has 1 aliphatic rings. The Kier molecular flexibility index (Phi) is 5.54. The standard InChI is InChI=1S/C21H20N2O6/c1-12-7-5-6-8-15(12)23-20(25)14(19(24)22-21(23)26)9-13-10-17(28-3)18(29-4)11-16(13)27-2/h5-11H,1-4H3,(H,22,24,26).